The summed E-state index contributed by atoms with van der Waals surface area (Å²) in [7, 11) is 7.21. The summed E-state index contributed by atoms with van der Waals surface area (Å²) in [6.07, 6.45) is 5.04. The Morgan fingerprint density at radius 2 is 1.97 bits per heavy atom. The minimum absolute atomic E-state index is 0. The Morgan fingerprint density at radius 3 is 2.62 bits per heavy atom. The molecule has 7 heteroatoms. The first-order valence-electron chi connectivity index (χ1n) is 10.2. The highest BCUT2D eigenvalue weighted by atomic mass is 127. The van der Waals surface area contributed by atoms with E-state index in [2.05, 4.69) is 34.7 Å². The van der Waals surface area contributed by atoms with Gasteiger partial charge in [-0.3, -0.25) is 9.79 Å². The van der Waals surface area contributed by atoms with Crippen LogP contribution in [0.25, 0.3) is 0 Å². The van der Waals surface area contributed by atoms with E-state index < -0.39 is 0 Å². The third-order valence-corrected chi connectivity index (χ3v) is 6.30. The largest absolute Gasteiger partial charge is 0.496 e. The summed E-state index contributed by atoms with van der Waals surface area (Å²) in [5.74, 6) is 2.11. The predicted octanol–water partition coefficient (Wildman–Crippen LogP) is 3.16. The third kappa shape index (κ3) is 5.35. The van der Waals surface area contributed by atoms with Gasteiger partial charge in [0.05, 0.1) is 7.11 Å². The lowest BCUT2D eigenvalue weighted by Gasteiger charge is -2.31. The van der Waals surface area contributed by atoms with Crippen molar-refractivity contribution in [1.29, 1.82) is 0 Å². The van der Waals surface area contributed by atoms with E-state index in [1.807, 2.05) is 33.3 Å². The number of hydrogen-bond donors (Lipinski definition) is 2. The molecule has 2 N–H and O–H groups in total. The van der Waals surface area contributed by atoms with Gasteiger partial charge >= 0.3 is 0 Å². The smallest absolute Gasteiger partial charge is 0.225 e. The van der Waals surface area contributed by atoms with Gasteiger partial charge in [0.1, 0.15) is 5.75 Å². The molecule has 2 aliphatic rings. The highest BCUT2D eigenvalue weighted by Gasteiger charge is 2.53. The van der Waals surface area contributed by atoms with E-state index >= 15 is 0 Å². The summed E-state index contributed by atoms with van der Waals surface area (Å²) in [6, 6.07) is 8.84. The van der Waals surface area contributed by atoms with Gasteiger partial charge in [-0.05, 0) is 31.7 Å². The molecule has 1 amide bonds. The van der Waals surface area contributed by atoms with Crippen molar-refractivity contribution in [3.63, 3.8) is 0 Å². The van der Waals surface area contributed by atoms with E-state index in [0.29, 0.717) is 6.04 Å². The minimum atomic E-state index is 0. The molecule has 0 saturated heterocycles. The number of nitrogens with zero attached hydrogens (tertiary/aromatic N) is 2. The van der Waals surface area contributed by atoms with E-state index in [1.54, 1.807) is 12.0 Å². The molecule has 3 rings (SSSR count). The quantitative estimate of drug-likeness (QED) is 0.360. The number of benzene rings is 1. The molecular formula is C22H35IN4O2. The number of halogens is 1. The molecule has 0 radical (unpaired) electrons. The fraction of sp³-hybridized carbons (Fsp3) is 0.636. The van der Waals surface area contributed by atoms with Crippen molar-refractivity contribution in [3.05, 3.63) is 29.8 Å². The van der Waals surface area contributed by atoms with Gasteiger partial charge in [-0.1, -0.05) is 31.5 Å². The fourth-order valence-electron chi connectivity index (χ4n) is 4.43. The van der Waals surface area contributed by atoms with Crippen LogP contribution in [0, 0.1) is 5.92 Å². The topological polar surface area (TPSA) is 66.0 Å². The molecular weight excluding hydrogens is 479 g/mol. The second-order valence-electron chi connectivity index (χ2n) is 8.53. The average Bonchev–Trinajstić information content (AvgIpc) is 3.37. The van der Waals surface area contributed by atoms with Crippen LogP contribution in [0.1, 0.15) is 44.6 Å². The Labute approximate surface area is 191 Å². The van der Waals surface area contributed by atoms with Crippen LogP contribution in [0.2, 0.25) is 0 Å². The van der Waals surface area contributed by atoms with Gasteiger partial charge in [-0.25, -0.2) is 0 Å². The second kappa shape index (κ2) is 10.00. The number of amides is 1. The maximum atomic E-state index is 12.3. The Kier molecular flexibility index (Phi) is 8.19. The van der Waals surface area contributed by atoms with Crippen molar-refractivity contribution in [1.82, 2.24) is 15.5 Å². The number of hydrogen-bond acceptors (Lipinski definition) is 3. The molecule has 29 heavy (non-hydrogen) atoms. The maximum Gasteiger partial charge on any atom is 0.225 e. The first-order valence-corrected chi connectivity index (χ1v) is 10.2. The summed E-state index contributed by atoms with van der Waals surface area (Å²) in [6.45, 7) is 2.27. The zero-order valence-electron chi connectivity index (χ0n) is 18.2. The molecule has 1 aromatic carbocycles. The minimum Gasteiger partial charge on any atom is -0.496 e. The number of rotatable bonds is 5. The number of nitrogens with one attached hydrogen (secondary N) is 2. The van der Waals surface area contributed by atoms with Crippen molar-refractivity contribution in [3.8, 4) is 5.75 Å². The van der Waals surface area contributed by atoms with Crippen molar-refractivity contribution < 1.29 is 9.53 Å². The predicted molar refractivity (Wildman–Crippen MR) is 128 cm³/mol. The van der Waals surface area contributed by atoms with Crippen LogP contribution in [-0.2, 0) is 10.2 Å². The molecule has 0 aromatic heterocycles. The molecule has 4 unspecified atom stereocenters. The van der Waals surface area contributed by atoms with E-state index in [-0.39, 0.29) is 47.3 Å². The van der Waals surface area contributed by atoms with Crippen LogP contribution in [0.15, 0.2) is 29.3 Å². The summed E-state index contributed by atoms with van der Waals surface area (Å²) >= 11 is 0. The Morgan fingerprint density at radius 1 is 1.24 bits per heavy atom. The molecule has 6 nitrogen and oxygen atoms in total. The number of para-hydroxylation sites is 1. The molecule has 162 valence electrons. The zero-order valence-corrected chi connectivity index (χ0v) is 20.5. The normalized spacial score (nSPS) is 28.7. The summed E-state index contributed by atoms with van der Waals surface area (Å²) in [5, 5.41) is 7.14. The number of ether oxygens (including phenoxy) is 1. The van der Waals surface area contributed by atoms with E-state index in [9.17, 15) is 4.79 Å². The van der Waals surface area contributed by atoms with E-state index in [1.165, 1.54) is 5.56 Å². The molecule has 0 aliphatic heterocycles. The fourth-order valence-corrected chi connectivity index (χ4v) is 4.43. The summed E-state index contributed by atoms with van der Waals surface area (Å²) < 4.78 is 5.56. The molecule has 2 fully saturated rings. The highest BCUT2D eigenvalue weighted by Crippen LogP contribution is 2.50. The Hall–Kier alpha value is -1.51. The lowest BCUT2D eigenvalue weighted by atomic mass is 9.85. The van der Waals surface area contributed by atoms with Gasteiger partial charge in [-0.15, -0.1) is 24.0 Å². The average molecular weight is 514 g/mol. The van der Waals surface area contributed by atoms with Crippen LogP contribution >= 0.6 is 24.0 Å². The number of carbonyl (C=O) groups excluding carboxylic acids is 1. The van der Waals surface area contributed by atoms with Gasteiger partial charge in [0, 0.05) is 50.1 Å². The lowest BCUT2D eigenvalue weighted by Crippen LogP contribution is -2.48. The maximum absolute atomic E-state index is 12.3. The highest BCUT2D eigenvalue weighted by molar-refractivity contribution is 14.0. The van der Waals surface area contributed by atoms with Gasteiger partial charge in [0.2, 0.25) is 5.91 Å². The molecule has 2 aliphatic carbocycles. The summed E-state index contributed by atoms with van der Waals surface area (Å²) in [4.78, 5) is 18.5. The van der Waals surface area contributed by atoms with Crippen molar-refractivity contribution in [2.75, 3.05) is 28.3 Å². The first-order chi connectivity index (χ1) is 13.4. The standard InChI is InChI=1S/C22H34N4O2.HI/c1-22(17-11-6-7-12-18(17)28-5)14-19(22)25-21(23-2)24-16-10-8-9-15(13-16)20(27)26(3)4;/h6-7,11-12,15-16,19H,8-10,13-14H2,1-5H3,(H2,23,24,25);1H. The zero-order chi connectivity index (χ0) is 20.3. The summed E-state index contributed by atoms with van der Waals surface area (Å²) in [5.41, 5.74) is 1.28. The van der Waals surface area contributed by atoms with Gasteiger partial charge in [0.15, 0.2) is 5.96 Å². The number of methoxy groups -OCH3 is 1. The molecule has 2 saturated carbocycles. The van der Waals surface area contributed by atoms with E-state index in [4.69, 9.17) is 4.74 Å². The van der Waals surface area contributed by atoms with Crippen LogP contribution < -0.4 is 15.4 Å². The molecule has 0 bridgehead atoms. The monoisotopic (exact) mass is 514 g/mol. The first kappa shape index (κ1) is 23.8. The van der Waals surface area contributed by atoms with Gasteiger partial charge in [-0.2, -0.15) is 0 Å². The van der Waals surface area contributed by atoms with Crippen LogP contribution in [0.5, 0.6) is 5.75 Å². The number of aliphatic imine (C=N–C) groups is 1. The Balaban J connectivity index is 0.00000300. The molecule has 4 atom stereocenters. The lowest BCUT2D eigenvalue weighted by molar-refractivity contribution is -0.134. The van der Waals surface area contributed by atoms with Crippen LogP contribution in [-0.4, -0.2) is 57.1 Å². The van der Waals surface area contributed by atoms with Crippen molar-refractivity contribution in [2.45, 2.75) is 56.5 Å². The van der Waals surface area contributed by atoms with Gasteiger partial charge in [0.25, 0.3) is 0 Å². The van der Waals surface area contributed by atoms with Crippen molar-refractivity contribution in [2.24, 2.45) is 10.9 Å². The van der Waals surface area contributed by atoms with Crippen molar-refractivity contribution >= 4 is 35.8 Å². The molecule has 1 aromatic rings. The molecule has 0 heterocycles. The van der Waals surface area contributed by atoms with Crippen LogP contribution in [0.3, 0.4) is 0 Å². The van der Waals surface area contributed by atoms with E-state index in [0.717, 1.165) is 43.8 Å². The number of guanidine groups is 1. The SMILES string of the molecule is CN=C(NC1CCCC(C(=O)N(C)C)C1)NC1CC1(C)c1ccccc1OC.I. The second-order valence-corrected chi connectivity index (χ2v) is 8.53. The van der Waals surface area contributed by atoms with Crippen LogP contribution in [0.4, 0.5) is 0 Å². The Bertz CT molecular complexity index is 739. The number of carbonyl (C=O) groups is 1. The third-order valence-electron chi connectivity index (χ3n) is 6.30. The van der Waals surface area contributed by atoms with Gasteiger partial charge < -0.3 is 20.3 Å². The molecule has 0 spiro atoms.